The molecule has 2 aromatic carbocycles. The Kier molecular flexibility index (Phi) is 12.8. The molecule has 2 N–H and O–H groups in total. The van der Waals surface area contributed by atoms with Gasteiger partial charge in [-0.3, -0.25) is 14.4 Å². The van der Waals surface area contributed by atoms with Crippen molar-refractivity contribution < 1.29 is 29.0 Å². The maximum Gasteiger partial charge on any atom is 0.341 e. The second kappa shape index (κ2) is 15.9. The van der Waals surface area contributed by atoms with Gasteiger partial charge in [0.15, 0.2) is 0 Å². The number of rotatable bonds is 12. The van der Waals surface area contributed by atoms with Gasteiger partial charge < -0.3 is 19.9 Å². The maximum atomic E-state index is 13.7. The number of hydrogen-bond acceptors (Lipinski definition) is 8. The highest BCUT2D eigenvalue weighted by atomic mass is 35.5. The molecule has 1 aromatic heterocycles. The largest absolute Gasteiger partial charge is 0.460 e. The zero-order valence-electron chi connectivity index (χ0n) is 27.8. The molecule has 0 radical (unpaired) electrons. The molecule has 3 rings (SSSR count). The zero-order chi connectivity index (χ0) is 35.1. The van der Waals surface area contributed by atoms with E-state index in [1.165, 1.54) is 29.1 Å². The first kappa shape index (κ1) is 37.7. The number of ether oxygens (including phenoxy) is 2. The van der Waals surface area contributed by atoms with Gasteiger partial charge in [-0.2, -0.15) is 5.10 Å². The van der Waals surface area contributed by atoms with Gasteiger partial charge in [0.05, 0.1) is 40.5 Å². The molecule has 0 saturated carbocycles. The number of esters is 2. The quantitative estimate of drug-likeness (QED) is 0.227. The van der Waals surface area contributed by atoms with Gasteiger partial charge in [-0.15, -0.1) is 0 Å². The summed E-state index contributed by atoms with van der Waals surface area (Å²) in [7, 11) is 0. The van der Waals surface area contributed by atoms with Crippen LogP contribution in [0.2, 0.25) is 10.0 Å². The number of carbonyl (C=O) groups is 3. The first-order chi connectivity index (χ1) is 21.9. The molecule has 0 aliphatic heterocycles. The van der Waals surface area contributed by atoms with Gasteiger partial charge in [-0.05, 0) is 61.9 Å². The van der Waals surface area contributed by atoms with E-state index in [4.69, 9.17) is 32.7 Å². The van der Waals surface area contributed by atoms with Crippen molar-refractivity contribution in [3.05, 3.63) is 97.4 Å². The Balaban J connectivity index is 1.86. The molecule has 1 amide bonds. The Labute approximate surface area is 285 Å². The molecular weight excluding hydrogens is 645 g/mol. The van der Waals surface area contributed by atoms with E-state index < -0.39 is 60.1 Å². The van der Waals surface area contributed by atoms with Crippen LogP contribution < -0.4 is 10.9 Å². The predicted octanol–water partition coefficient (Wildman–Crippen LogP) is 5.82. The number of amides is 1. The number of benzene rings is 2. The van der Waals surface area contributed by atoms with Crippen molar-refractivity contribution in [3.8, 4) is 0 Å². The Morgan fingerprint density at radius 2 is 1.62 bits per heavy atom. The third-order valence-corrected chi connectivity index (χ3v) is 7.97. The predicted molar refractivity (Wildman–Crippen MR) is 181 cm³/mol. The van der Waals surface area contributed by atoms with Crippen molar-refractivity contribution in [3.63, 3.8) is 0 Å². The molecule has 12 heteroatoms. The molecule has 0 saturated heterocycles. The van der Waals surface area contributed by atoms with Gasteiger partial charge >= 0.3 is 11.9 Å². The minimum atomic E-state index is -1.53. The normalized spacial score (nSPS) is 13.7. The van der Waals surface area contributed by atoms with Crippen LogP contribution in [0.15, 0.2) is 59.5 Å². The fraction of sp³-hybridized carbons (Fsp3) is 0.457. The third-order valence-electron chi connectivity index (χ3n) is 7.34. The molecule has 1 heterocycles. The summed E-state index contributed by atoms with van der Waals surface area (Å²) in [6.07, 6.45) is -0.260. The first-order valence-corrected chi connectivity index (χ1v) is 16.1. The molecule has 0 aliphatic carbocycles. The topological polar surface area (TPSA) is 137 Å². The maximum absolute atomic E-state index is 13.7. The van der Waals surface area contributed by atoms with Crippen LogP contribution in [0.5, 0.6) is 0 Å². The lowest BCUT2D eigenvalue weighted by Gasteiger charge is -2.27. The van der Waals surface area contributed by atoms with Crippen molar-refractivity contribution in [2.75, 3.05) is 6.61 Å². The standard InChI is InChI=1S/C35H43Cl2N3O7/c1-8-22(23-16-17-38-40(32(23)44)19-21-12-9-10-13-24(21)34(2,3)4)31(43)39-27(18-29(42)47-35(5,6)7)28(41)20-46-33(45)30-25(36)14-11-15-26(30)37/h9-17,22,27-28,41H,8,18-20H2,1-7H3,(H,39,43)/t22?,27?,28-/m1/s1. The number of nitrogens with zero attached hydrogens (tertiary/aromatic N) is 2. The number of nitrogens with one attached hydrogen (secondary N) is 1. The van der Waals surface area contributed by atoms with Crippen LogP contribution in [0.4, 0.5) is 0 Å². The molecule has 0 fully saturated rings. The zero-order valence-corrected chi connectivity index (χ0v) is 29.3. The number of aliphatic hydroxyl groups excluding tert-OH is 1. The highest BCUT2D eigenvalue weighted by molar-refractivity contribution is 6.39. The van der Waals surface area contributed by atoms with Crippen molar-refractivity contribution in [1.29, 1.82) is 0 Å². The summed E-state index contributed by atoms with van der Waals surface area (Å²) >= 11 is 12.2. The second-order valence-electron chi connectivity index (χ2n) is 13.3. The highest BCUT2D eigenvalue weighted by Crippen LogP contribution is 2.27. The van der Waals surface area contributed by atoms with E-state index in [-0.39, 0.29) is 39.6 Å². The Bertz CT molecular complexity index is 1620. The SMILES string of the molecule is CCC(C(=O)NC(CC(=O)OC(C)(C)C)[C@H](O)COC(=O)c1c(Cl)cccc1Cl)c1ccnn(Cc2ccccc2C(C)(C)C)c1=O. The summed E-state index contributed by atoms with van der Waals surface area (Å²) in [4.78, 5) is 52.9. The third kappa shape index (κ3) is 10.4. The first-order valence-electron chi connectivity index (χ1n) is 15.4. The average Bonchev–Trinajstić information content (AvgIpc) is 2.96. The molecule has 3 aromatic rings. The number of hydrogen-bond donors (Lipinski definition) is 2. The molecule has 0 aliphatic rings. The minimum absolute atomic E-state index is 0.0614. The number of aliphatic hydroxyl groups is 1. The Morgan fingerprint density at radius 1 is 0.979 bits per heavy atom. The van der Waals surface area contributed by atoms with Gasteiger partial charge in [0.1, 0.15) is 18.3 Å². The monoisotopic (exact) mass is 687 g/mol. The van der Waals surface area contributed by atoms with Crippen molar-refractivity contribution >= 4 is 41.0 Å². The molecular formula is C35H43Cl2N3O7. The van der Waals surface area contributed by atoms with Crippen molar-refractivity contribution in [2.45, 2.75) is 96.9 Å². The summed E-state index contributed by atoms with van der Waals surface area (Å²) in [5.74, 6) is -3.13. The Morgan fingerprint density at radius 3 is 2.21 bits per heavy atom. The van der Waals surface area contributed by atoms with Crippen LogP contribution in [0.3, 0.4) is 0 Å². The molecule has 0 bridgehead atoms. The summed E-state index contributed by atoms with van der Waals surface area (Å²) < 4.78 is 12.0. The van der Waals surface area contributed by atoms with E-state index in [1.54, 1.807) is 33.8 Å². The summed E-state index contributed by atoms with van der Waals surface area (Å²) in [6, 6.07) is 12.6. The number of carbonyl (C=O) groups excluding carboxylic acids is 3. The minimum Gasteiger partial charge on any atom is -0.460 e. The second-order valence-corrected chi connectivity index (χ2v) is 14.1. The van der Waals surface area contributed by atoms with Gasteiger partial charge in [-0.1, -0.05) is 81.2 Å². The molecule has 0 spiro atoms. The van der Waals surface area contributed by atoms with E-state index in [2.05, 4.69) is 31.2 Å². The fourth-order valence-corrected chi connectivity index (χ4v) is 5.67. The fourth-order valence-electron chi connectivity index (χ4n) is 5.11. The lowest BCUT2D eigenvalue weighted by atomic mass is 9.84. The van der Waals surface area contributed by atoms with E-state index in [0.717, 1.165) is 11.1 Å². The van der Waals surface area contributed by atoms with Crippen LogP contribution in [0.1, 0.15) is 94.3 Å². The number of aromatic nitrogens is 2. The molecule has 3 atom stereocenters. The molecule has 254 valence electrons. The Hall–Kier alpha value is -3.73. The summed E-state index contributed by atoms with van der Waals surface area (Å²) in [6.45, 7) is 12.7. The summed E-state index contributed by atoms with van der Waals surface area (Å²) in [5, 5.41) is 18.2. The van der Waals surface area contributed by atoms with Gasteiger partial charge in [-0.25, -0.2) is 9.48 Å². The molecule has 10 nitrogen and oxygen atoms in total. The van der Waals surface area contributed by atoms with Crippen LogP contribution >= 0.6 is 23.2 Å². The summed E-state index contributed by atoms with van der Waals surface area (Å²) in [5.41, 5.74) is 0.690. The van der Waals surface area contributed by atoms with Crippen LogP contribution in [0.25, 0.3) is 0 Å². The van der Waals surface area contributed by atoms with Gasteiger partial charge in [0.25, 0.3) is 5.56 Å². The van der Waals surface area contributed by atoms with E-state index in [9.17, 15) is 24.3 Å². The smallest absolute Gasteiger partial charge is 0.341 e. The van der Waals surface area contributed by atoms with E-state index in [1.807, 2.05) is 24.3 Å². The van der Waals surface area contributed by atoms with Crippen molar-refractivity contribution in [1.82, 2.24) is 15.1 Å². The van der Waals surface area contributed by atoms with Crippen molar-refractivity contribution in [2.24, 2.45) is 0 Å². The van der Waals surface area contributed by atoms with Crippen LogP contribution in [-0.4, -0.2) is 57.1 Å². The highest BCUT2D eigenvalue weighted by Gasteiger charge is 2.32. The van der Waals surface area contributed by atoms with E-state index in [0.29, 0.717) is 0 Å². The van der Waals surface area contributed by atoms with Crippen LogP contribution in [-0.2, 0) is 31.0 Å². The van der Waals surface area contributed by atoms with Crippen LogP contribution in [0, 0.1) is 0 Å². The lowest BCUT2D eigenvalue weighted by molar-refractivity contribution is -0.156. The molecule has 47 heavy (non-hydrogen) atoms. The van der Waals surface area contributed by atoms with Gasteiger partial charge in [0.2, 0.25) is 5.91 Å². The van der Waals surface area contributed by atoms with E-state index >= 15 is 0 Å². The van der Waals surface area contributed by atoms with Gasteiger partial charge in [0, 0.05) is 11.8 Å². The average molecular weight is 689 g/mol. The molecule has 2 unspecified atom stereocenters. The number of halogens is 2. The lowest BCUT2D eigenvalue weighted by Crippen LogP contribution is -2.49.